The van der Waals surface area contributed by atoms with Crippen molar-refractivity contribution >= 4 is 17.8 Å². The van der Waals surface area contributed by atoms with Crippen LogP contribution in [0, 0.1) is 0 Å². The molecule has 0 radical (unpaired) electrons. The number of para-hydroxylation sites is 1. The third kappa shape index (κ3) is 3.52. The molecule has 0 bridgehead atoms. The number of nitrogens with zero attached hydrogens (tertiary/aromatic N) is 1. The summed E-state index contributed by atoms with van der Waals surface area (Å²) in [6.45, 7) is 3.99. The van der Waals surface area contributed by atoms with E-state index in [2.05, 4.69) is 10.6 Å². The van der Waals surface area contributed by atoms with E-state index in [1.54, 1.807) is 6.92 Å². The second-order valence-corrected chi connectivity index (χ2v) is 7.05. The lowest BCUT2D eigenvalue weighted by molar-refractivity contribution is -0.135. The van der Waals surface area contributed by atoms with Gasteiger partial charge in [-0.1, -0.05) is 38.0 Å². The van der Waals surface area contributed by atoms with Crippen LogP contribution in [0.2, 0.25) is 0 Å². The Kier molecular flexibility index (Phi) is 5.15. The predicted octanol–water partition coefficient (Wildman–Crippen LogP) is 2.13. The van der Waals surface area contributed by atoms with Crippen molar-refractivity contribution in [3.8, 4) is 5.75 Å². The van der Waals surface area contributed by atoms with E-state index in [4.69, 9.17) is 4.74 Å². The Morgan fingerprint density at radius 3 is 2.92 bits per heavy atom. The van der Waals surface area contributed by atoms with Crippen molar-refractivity contribution in [2.75, 3.05) is 13.2 Å². The molecule has 2 heterocycles. The maximum absolute atomic E-state index is 12.6. The van der Waals surface area contributed by atoms with Gasteiger partial charge in [0.05, 0.1) is 12.6 Å². The number of ether oxygens (including phenoxy) is 1. The van der Waals surface area contributed by atoms with Crippen LogP contribution in [0.15, 0.2) is 24.3 Å². The van der Waals surface area contributed by atoms with Crippen molar-refractivity contribution in [3.63, 3.8) is 0 Å². The van der Waals surface area contributed by atoms with Gasteiger partial charge >= 0.3 is 6.03 Å². The number of rotatable bonds is 6. The lowest BCUT2D eigenvalue weighted by Crippen LogP contribution is -2.45. The van der Waals surface area contributed by atoms with E-state index < -0.39 is 11.6 Å². The monoisotopic (exact) mass is 359 g/mol. The van der Waals surface area contributed by atoms with Crippen molar-refractivity contribution in [3.05, 3.63) is 29.8 Å². The molecule has 1 aromatic rings. The molecule has 0 spiro atoms. The molecule has 2 aliphatic heterocycles. The zero-order valence-electron chi connectivity index (χ0n) is 15.2. The maximum atomic E-state index is 12.6. The van der Waals surface area contributed by atoms with E-state index in [-0.39, 0.29) is 24.4 Å². The second-order valence-electron chi connectivity index (χ2n) is 7.05. The molecule has 0 aromatic heterocycles. The van der Waals surface area contributed by atoms with Gasteiger partial charge in [-0.05, 0) is 19.4 Å². The molecule has 4 amide bonds. The van der Waals surface area contributed by atoms with Gasteiger partial charge in [0.15, 0.2) is 0 Å². The highest BCUT2D eigenvalue weighted by atomic mass is 16.5. The molecule has 140 valence electrons. The zero-order chi connectivity index (χ0) is 18.7. The molecule has 1 aromatic carbocycles. The number of carbonyl (C=O) groups is 3. The van der Waals surface area contributed by atoms with Gasteiger partial charge in [-0.15, -0.1) is 0 Å². The Balaban J connectivity index is 1.64. The number of carbonyl (C=O) groups excluding carboxylic acids is 3. The number of fused-ring (bicyclic) bond motifs is 1. The van der Waals surface area contributed by atoms with E-state index in [0.29, 0.717) is 19.4 Å². The Morgan fingerprint density at radius 2 is 2.15 bits per heavy atom. The Hall–Kier alpha value is -2.57. The molecule has 2 N–H and O–H groups in total. The van der Waals surface area contributed by atoms with Gasteiger partial charge in [0.2, 0.25) is 5.91 Å². The standard InChI is InChI=1S/C19H25N3O4/c1-3-4-10-19(2)17(24)22(18(25)21-19)12-16(23)20-14-9-11-26-15-8-6-5-7-13(14)15/h5-8,14H,3-4,9-12H2,1-2H3,(H,20,23)(H,21,25)/t14-,19-/m0/s1. The number of imide groups is 1. The van der Waals surface area contributed by atoms with Crippen LogP contribution in [0.4, 0.5) is 4.79 Å². The quantitative estimate of drug-likeness (QED) is 0.762. The number of benzene rings is 1. The topological polar surface area (TPSA) is 87.7 Å². The first-order valence-corrected chi connectivity index (χ1v) is 9.10. The van der Waals surface area contributed by atoms with Crippen molar-refractivity contribution in [2.24, 2.45) is 0 Å². The van der Waals surface area contributed by atoms with Crippen LogP contribution in [0.1, 0.15) is 51.1 Å². The minimum Gasteiger partial charge on any atom is -0.493 e. The molecule has 1 fully saturated rings. The van der Waals surface area contributed by atoms with E-state index in [9.17, 15) is 14.4 Å². The lowest BCUT2D eigenvalue weighted by atomic mass is 9.95. The molecule has 26 heavy (non-hydrogen) atoms. The van der Waals surface area contributed by atoms with Gasteiger partial charge in [0.1, 0.15) is 17.8 Å². The third-order valence-electron chi connectivity index (χ3n) is 4.97. The van der Waals surface area contributed by atoms with Gasteiger partial charge in [0, 0.05) is 12.0 Å². The Labute approximate surface area is 153 Å². The highest BCUT2D eigenvalue weighted by Gasteiger charge is 2.47. The maximum Gasteiger partial charge on any atom is 0.325 e. The van der Waals surface area contributed by atoms with E-state index in [0.717, 1.165) is 29.1 Å². The summed E-state index contributed by atoms with van der Waals surface area (Å²) in [5.74, 6) is 0.0691. The normalized spacial score (nSPS) is 24.7. The van der Waals surface area contributed by atoms with E-state index in [1.807, 2.05) is 31.2 Å². The summed E-state index contributed by atoms with van der Waals surface area (Å²) in [6.07, 6.45) is 2.99. The fourth-order valence-corrected chi connectivity index (χ4v) is 3.47. The van der Waals surface area contributed by atoms with Gasteiger partial charge in [-0.3, -0.25) is 14.5 Å². The van der Waals surface area contributed by atoms with Crippen LogP contribution in [0.25, 0.3) is 0 Å². The summed E-state index contributed by atoms with van der Waals surface area (Å²) in [4.78, 5) is 38.3. The molecular weight excluding hydrogens is 334 g/mol. The minimum atomic E-state index is -0.918. The highest BCUT2D eigenvalue weighted by molar-refractivity contribution is 6.08. The van der Waals surface area contributed by atoms with Crippen molar-refractivity contribution in [1.29, 1.82) is 0 Å². The SMILES string of the molecule is CCCC[C@]1(C)NC(=O)N(CC(=O)N[C@H]2CCOc3ccccc32)C1=O. The van der Waals surface area contributed by atoms with Gasteiger partial charge in [-0.25, -0.2) is 4.79 Å². The average Bonchev–Trinajstić information content (AvgIpc) is 2.84. The van der Waals surface area contributed by atoms with Crippen LogP contribution in [0.5, 0.6) is 5.75 Å². The molecule has 7 nitrogen and oxygen atoms in total. The molecule has 1 saturated heterocycles. The van der Waals surface area contributed by atoms with Gasteiger partial charge < -0.3 is 15.4 Å². The van der Waals surface area contributed by atoms with Crippen molar-refractivity contribution in [2.45, 2.75) is 51.1 Å². The minimum absolute atomic E-state index is 0.181. The fraction of sp³-hybridized carbons (Fsp3) is 0.526. The van der Waals surface area contributed by atoms with Crippen LogP contribution in [-0.4, -0.2) is 41.4 Å². The Bertz CT molecular complexity index is 720. The Morgan fingerprint density at radius 1 is 1.38 bits per heavy atom. The third-order valence-corrected chi connectivity index (χ3v) is 4.97. The van der Waals surface area contributed by atoms with Crippen LogP contribution >= 0.6 is 0 Å². The second kappa shape index (κ2) is 7.35. The van der Waals surface area contributed by atoms with Crippen molar-refractivity contribution < 1.29 is 19.1 Å². The smallest absolute Gasteiger partial charge is 0.325 e. The average molecular weight is 359 g/mol. The van der Waals surface area contributed by atoms with E-state index in [1.165, 1.54) is 0 Å². The molecule has 0 unspecified atom stereocenters. The number of nitrogens with one attached hydrogen (secondary N) is 2. The van der Waals surface area contributed by atoms with Crippen LogP contribution < -0.4 is 15.4 Å². The van der Waals surface area contributed by atoms with Crippen molar-refractivity contribution in [1.82, 2.24) is 15.5 Å². The first-order chi connectivity index (χ1) is 12.4. The van der Waals surface area contributed by atoms with Gasteiger partial charge in [0.25, 0.3) is 5.91 Å². The number of hydrogen-bond acceptors (Lipinski definition) is 4. The molecule has 0 saturated carbocycles. The number of amides is 4. The number of urea groups is 1. The summed E-state index contributed by atoms with van der Waals surface area (Å²) >= 11 is 0. The highest BCUT2D eigenvalue weighted by Crippen LogP contribution is 2.31. The summed E-state index contributed by atoms with van der Waals surface area (Å²) in [5, 5.41) is 5.65. The molecule has 2 atom stereocenters. The fourth-order valence-electron chi connectivity index (χ4n) is 3.47. The summed E-state index contributed by atoms with van der Waals surface area (Å²) in [7, 11) is 0. The lowest BCUT2D eigenvalue weighted by Gasteiger charge is -2.27. The zero-order valence-corrected chi connectivity index (χ0v) is 15.2. The molecule has 2 aliphatic rings. The first kappa shape index (κ1) is 18.2. The number of unbranched alkanes of at least 4 members (excludes halogenated alkanes) is 1. The van der Waals surface area contributed by atoms with Gasteiger partial charge in [-0.2, -0.15) is 0 Å². The predicted molar refractivity (Wildman–Crippen MR) is 95.6 cm³/mol. The van der Waals surface area contributed by atoms with Crippen LogP contribution in [0.3, 0.4) is 0 Å². The van der Waals surface area contributed by atoms with Crippen LogP contribution in [-0.2, 0) is 9.59 Å². The molecular formula is C19H25N3O4. The molecule has 7 heteroatoms. The molecule has 3 rings (SSSR count). The summed E-state index contributed by atoms with van der Waals surface area (Å²) in [5.41, 5.74) is -0.00404. The first-order valence-electron chi connectivity index (χ1n) is 9.10. The largest absolute Gasteiger partial charge is 0.493 e. The number of hydrogen-bond donors (Lipinski definition) is 2. The summed E-state index contributed by atoms with van der Waals surface area (Å²) < 4.78 is 5.59. The molecule has 0 aliphatic carbocycles. The van der Waals surface area contributed by atoms with E-state index >= 15 is 0 Å². The summed E-state index contributed by atoms with van der Waals surface area (Å²) in [6, 6.07) is 6.87.